The van der Waals surface area contributed by atoms with Gasteiger partial charge < -0.3 is 5.11 Å². The van der Waals surface area contributed by atoms with Gasteiger partial charge in [0.2, 0.25) is 0 Å². The molecule has 16 heavy (non-hydrogen) atoms. The van der Waals surface area contributed by atoms with Crippen LogP contribution >= 0.6 is 8.46 Å². The lowest BCUT2D eigenvalue weighted by atomic mass is 10.1. The molecule has 1 N–H and O–H groups in total. The van der Waals surface area contributed by atoms with Gasteiger partial charge in [-0.15, -0.1) is 0 Å². The van der Waals surface area contributed by atoms with Crippen molar-refractivity contribution in [1.82, 2.24) is 0 Å². The molecule has 0 bridgehead atoms. The second kappa shape index (κ2) is 7.75. The van der Waals surface area contributed by atoms with Crippen LogP contribution < -0.4 is 0 Å². The van der Waals surface area contributed by atoms with Crippen molar-refractivity contribution in [2.45, 2.75) is 0 Å². The SMILES string of the molecule is O=PCO.c1ccc(-c2ccccc2)cc1. The smallest absolute Gasteiger partial charge is 0.183 e. The molecular weight excluding hydrogens is 219 g/mol. The lowest BCUT2D eigenvalue weighted by Crippen LogP contribution is -1.73. The summed E-state index contributed by atoms with van der Waals surface area (Å²) in [5.74, 6) is 0. The van der Waals surface area contributed by atoms with Crippen molar-refractivity contribution in [3.63, 3.8) is 0 Å². The maximum Gasteiger partial charge on any atom is 0.183 e. The van der Waals surface area contributed by atoms with Crippen molar-refractivity contribution in [1.29, 1.82) is 0 Å². The van der Waals surface area contributed by atoms with Crippen LogP contribution in [0.4, 0.5) is 0 Å². The van der Waals surface area contributed by atoms with E-state index in [1.165, 1.54) is 11.1 Å². The highest BCUT2D eigenvalue weighted by atomic mass is 31.1. The Morgan fingerprint density at radius 1 is 0.812 bits per heavy atom. The number of hydrogen-bond acceptors (Lipinski definition) is 2. The minimum absolute atomic E-state index is 0.196. The molecule has 2 aromatic rings. The molecule has 0 heterocycles. The van der Waals surface area contributed by atoms with Gasteiger partial charge in [-0.1, -0.05) is 60.7 Å². The van der Waals surface area contributed by atoms with Gasteiger partial charge in [-0.3, -0.25) is 4.57 Å². The summed E-state index contributed by atoms with van der Waals surface area (Å²) in [6, 6.07) is 20.8. The molecule has 2 nitrogen and oxygen atoms in total. The summed E-state index contributed by atoms with van der Waals surface area (Å²) in [4.78, 5) is 0. The van der Waals surface area contributed by atoms with Crippen LogP contribution in [0.1, 0.15) is 0 Å². The van der Waals surface area contributed by atoms with E-state index in [0.717, 1.165) is 0 Å². The van der Waals surface area contributed by atoms with E-state index in [9.17, 15) is 0 Å². The maximum absolute atomic E-state index is 9.02. The average Bonchev–Trinajstić information content (AvgIpc) is 2.41. The third-order valence-corrected chi connectivity index (χ3v) is 2.05. The Morgan fingerprint density at radius 3 is 1.38 bits per heavy atom. The first-order chi connectivity index (χ1) is 7.88. The highest BCUT2D eigenvalue weighted by molar-refractivity contribution is 7.23. The van der Waals surface area contributed by atoms with Crippen LogP contribution in [0.15, 0.2) is 60.7 Å². The lowest BCUT2D eigenvalue weighted by Gasteiger charge is -1.98. The molecule has 0 aliphatic rings. The van der Waals surface area contributed by atoms with Crippen LogP contribution in [0.3, 0.4) is 0 Å². The summed E-state index contributed by atoms with van der Waals surface area (Å²) < 4.78 is 9.02. The Kier molecular flexibility index (Phi) is 6.09. The first kappa shape index (κ1) is 12.6. The van der Waals surface area contributed by atoms with Crippen molar-refractivity contribution in [3.8, 4) is 11.1 Å². The summed E-state index contributed by atoms with van der Waals surface area (Å²) in [6.45, 7) is 0. The van der Waals surface area contributed by atoms with Crippen molar-refractivity contribution in [2.75, 3.05) is 6.35 Å². The predicted molar refractivity (Wildman–Crippen MR) is 66.6 cm³/mol. The van der Waals surface area contributed by atoms with Gasteiger partial charge in [-0.2, -0.15) is 0 Å². The first-order valence-corrected chi connectivity index (χ1v) is 5.88. The quantitative estimate of drug-likeness (QED) is 0.803. The van der Waals surface area contributed by atoms with E-state index in [0.29, 0.717) is 0 Å². The van der Waals surface area contributed by atoms with E-state index in [-0.39, 0.29) is 14.8 Å². The number of benzene rings is 2. The van der Waals surface area contributed by atoms with Gasteiger partial charge in [-0.25, -0.2) is 0 Å². The molecule has 82 valence electrons. The number of rotatable bonds is 2. The molecule has 0 spiro atoms. The summed E-state index contributed by atoms with van der Waals surface area (Å²) in [6.07, 6.45) is -0.264. The Hall–Kier alpha value is -1.50. The van der Waals surface area contributed by atoms with E-state index >= 15 is 0 Å². The summed E-state index contributed by atoms with van der Waals surface area (Å²) >= 11 is 0. The van der Waals surface area contributed by atoms with Gasteiger partial charge in [0, 0.05) is 0 Å². The molecule has 2 aromatic carbocycles. The van der Waals surface area contributed by atoms with E-state index in [4.69, 9.17) is 9.67 Å². The monoisotopic (exact) mass is 232 g/mol. The molecule has 0 fully saturated rings. The Morgan fingerprint density at radius 2 is 1.12 bits per heavy atom. The molecule has 0 radical (unpaired) electrons. The van der Waals surface area contributed by atoms with E-state index in [2.05, 4.69) is 48.5 Å². The third kappa shape index (κ3) is 4.35. The summed E-state index contributed by atoms with van der Waals surface area (Å²) in [5, 5.41) is 7.55. The molecule has 0 saturated heterocycles. The Balaban J connectivity index is 0.000000280. The minimum atomic E-state index is -0.264. The molecule has 0 aliphatic heterocycles. The molecule has 3 heteroatoms. The normalized spacial score (nSPS) is 9.31. The molecule has 2 rings (SSSR count). The zero-order valence-electron chi connectivity index (χ0n) is 8.78. The highest BCUT2D eigenvalue weighted by Crippen LogP contribution is 2.17. The minimum Gasteiger partial charge on any atom is -0.384 e. The lowest BCUT2D eigenvalue weighted by molar-refractivity contribution is 0.366. The zero-order valence-corrected chi connectivity index (χ0v) is 9.68. The fourth-order valence-corrected chi connectivity index (χ4v) is 1.26. The van der Waals surface area contributed by atoms with Crippen molar-refractivity contribution in [3.05, 3.63) is 60.7 Å². The van der Waals surface area contributed by atoms with Gasteiger partial charge in [0.15, 0.2) is 8.46 Å². The molecule has 0 saturated carbocycles. The fraction of sp³-hybridized carbons (Fsp3) is 0.0769. The Labute approximate surface area is 96.8 Å². The Bertz CT molecular complexity index is 363. The van der Waals surface area contributed by atoms with Crippen molar-refractivity contribution < 1.29 is 9.67 Å². The van der Waals surface area contributed by atoms with Gasteiger partial charge in [0.1, 0.15) is 6.35 Å². The molecular formula is C13H13O2P. The van der Waals surface area contributed by atoms with Crippen LogP contribution in [0, 0.1) is 0 Å². The molecule has 0 unspecified atom stereocenters. The second-order valence-electron chi connectivity index (χ2n) is 3.00. The fourth-order valence-electron chi connectivity index (χ4n) is 1.26. The van der Waals surface area contributed by atoms with E-state index in [1.54, 1.807) is 0 Å². The van der Waals surface area contributed by atoms with Gasteiger partial charge >= 0.3 is 0 Å². The highest BCUT2D eigenvalue weighted by Gasteiger charge is 1.91. The topological polar surface area (TPSA) is 37.3 Å². The van der Waals surface area contributed by atoms with Crippen LogP contribution in [0.25, 0.3) is 11.1 Å². The van der Waals surface area contributed by atoms with E-state index < -0.39 is 0 Å². The van der Waals surface area contributed by atoms with Crippen LogP contribution in [-0.2, 0) is 4.57 Å². The van der Waals surface area contributed by atoms with Crippen molar-refractivity contribution in [2.24, 2.45) is 0 Å². The van der Waals surface area contributed by atoms with Gasteiger partial charge in [0.05, 0.1) is 0 Å². The standard InChI is InChI=1S/C12H10.CH3O2P/c1-3-7-11(8-4-1)12-9-5-2-6-10-12;2-1-4-3/h1-10H;2H,1H2. The summed E-state index contributed by atoms with van der Waals surface area (Å²) in [7, 11) is -0.196. The molecule has 0 amide bonds. The average molecular weight is 232 g/mol. The molecule has 0 aromatic heterocycles. The van der Waals surface area contributed by atoms with Crippen LogP contribution in [-0.4, -0.2) is 11.5 Å². The first-order valence-electron chi connectivity index (χ1n) is 4.89. The largest absolute Gasteiger partial charge is 0.384 e. The van der Waals surface area contributed by atoms with Crippen LogP contribution in [0.5, 0.6) is 0 Å². The molecule has 0 aliphatic carbocycles. The van der Waals surface area contributed by atoms with Gasteiger partial charge in [-0.05, 0) is 11.1 Å². The number of aliphatic hydroxyl groups excluding tert-OH is 1. The number of aliphatic hydroxyl groups is 1. The second-order valence-corrected chi connectivity index (χ2v) is 3.54. The van der Waals surface area contributed by atoms with Crippen molar-refractivity contribution >= 4 is 8.46 Å². The maximum atomic E-state index is 9.02. The van der Waals surface area contributed by atoms with E-state index in [1.807, 2.05) is 12.1 Å². The van der Waals surface area contributed by atoms with Gasteiger partial charge in [0.25, 0.3) is 0 Å². The molecule has 0 atom stereocenters. The zero-order chi connectivity index (χ0) is 11.6. The third-order valence-electron chi connectivity index (χ3n) is 1.94. The number of hydrogen-bond donors (Lipinski definition) is 1. The predicted octanol–water partition coefficient (Wildman–Crippen LogP) is 3.58. The summed E-state index contributed by atoms with van der Waals surface area (Å²) in [5.41, 5.74) is 2.55. The van der Waals surface area contributed by atoms with Crippen LogP contribution in [0.2, 0.25) is 0 Å².